The molecule has 5 heteroatoms. The van der Waals surface area contributed by atoms with Crippen LogP contribution in [-0.4, -0.2) is 28.4 Å². The fourth-order valence-corrected chi connectivity index (χ4v) is 1.67. The van der Waals surface area contributed by atoms with Gasteiger partial charge in [-0.3, -0.25) is 0 Å². The standard InChI is InChI=1S/C9H15N3O2/c13-6-4-8-11-9(14-12-8)7-3-1-2-5-10-7/h7,10,13H,1-6H2/t7-/m0/s1. The fraction of sp³-hybridized carbons (Fsp3) is 0.778. The zero-order valence-electron chi connectivity index (χ0n) is 8.07. The third-order valence-corrected chi connectivity index (χ3v) is 2.43. The van der Waals surface area contributed by atoms with Gasteiger partial charge in [0.25, 0.3) is 0 Å². The Labute approximate surface area is 82.5 Å². The van der Waals surface area contributed by atoms with Crippen LogP contribution in [0.15, 0.2) is 4.52 Å². The molecule has 2 rings (SSSR count). The van der Waals surface area contributed by atoms with Crippen molar-refractivity contribution in [3.05, 3.63) is 11.7 Å². The molecule has 0 amide bonds. The number of aliphatic hydroxyl groups is 1. The Morgan fingerprint density at radius 2 is 2.43 bits per heavy atom. The van der Waals surface area contributed by atoms with Crippen LogP contribution in [0.25, 0.3) is 0 Å². The van der Waals surface area contributed by atoms with E-state index in [-0.39, 0.29) is 12.6 Å². The first kappa shape index (κ1) is 9.61. The second-order valence-electron chi connectivity index (χ2n) is 3.52. The van der Waals surface area contributed by atoms with Crippen molar-refractivity contribution in [3.8, 4) is 0 Å². The minimum absolute atomic E-state index is 0.0665. The van der Waals surface area contributed by atoms with Gasteiger partial charge in [-0.05, 0) is 19.4 Å². The van der Waals surface area contributed by atoms with E-state index in [4.69, 9.17) is 9.63 Å². The van der Waals surface area contributed by atoms with Crippen LogP contribution in [-0.2, 0) is 6.42 Å². The Balaban J connectivity index is 2.00. The van der Waals surface area contributed by atoms with Crippen molar-refractivity contribution in [2.75, 3.05) is 13.2 Å². The number of piperidine rings is 1. The van der Waals surface area contributed by atoms with Crippen molar-refractivity contribution in [2.45, 2.75) is 31.7 Å². The van der Waals surface area contributed by atoms with Gasteiger partial charge in [0, 0.05) is 6.42 Å². The summed E-state index contributed by atoms with van der Waals surface area (Å²) in [6, 6.07) is 0.212. The molecule has 78 valence electrons. The molecule has 1 aliphatic heterocycles. The Bertz CT molecular complexity index is 281. The number of rotatable bonds is 3. The van der Waals surface area contributed by atoms with Crippen LogP contribution in [0.5, 0.6) is 0 Å². The lowest BCUT2D eigenvalue weighted by atomic mass is 10.1. The second-order valence-corrected chi connectivity index (χ2v) is 3.52. The lowest BCUT2D eigenvalue weighted by Crippen LogP contribution is -2.27. The summed E-state index contributed by atoms with van der Waals surface area (Å²) in [7, 11) is 0. The van der Waals surface area contributed by atoms with Gasteiger partial charge in [0.15, 0.2) is 5.82 Å². The molecule has 1 atom stereocenters. The van der Waals surface area contributed by atoms with Crippen LogP contribution < -0.4 is 5.32 Å². The molecule has 0 spiro atoms. The highest BCUT2D eigenvalue weighted by Crippen LogP contribution is 2.20. The van der Waals surface area contributed by atoms with Crippen LogP contribution in [0, 0.1) is 0 Å². The van der Waals surface area contributed by atoms with Gasteiger partial charge in [-0.1, -0.05) is 11.6 Å². The molecule has 5 nitrogen and oxygen atoms in total. The topological polar surface area (TPSA) is 71.2 Å². The van der Waals surface area contributed by atoms with Gasteiger partial charge >= 0.3 is 0 Å². The number of hydrogen-bond donors (Lipinski definition) is 2. The quantitative estimate of drug-likeness (QED) is 0.734. The molecule has 0 unspecified atom stereocenters. The van der Waals surface area contributed by atoms with Crippen molar-refractivity contribution >= 4 is 0 Å². The van der Waals surface area contributed by atoms with Gasteiger partial charge in [-0.25, -0.2) is 0 Å². The highest BCUT2D eigenvalue weighted by atomic mass is 16.5. The Hall–Kier alpha value is -0.940. The molecule has 0 saturated carbocycles. The summed E-state index contributed by atoms with van der Waals surface area (Å²) < 4.78 is 5.12. The van der Waals surface area contributed by atoms with E-state index < -0.39 is 0 Å². The van der Waals surface area contributed by atoms with Crippen molar-refractivity contribution in [1.82, 2.24) is 15.5 Å². The number of hydrogen-bond acceptors (Lipinski definition) is 5. The number of nitrogens with one attached hydrogen (secondary N) is 1. The maximum atomic E-state index is 8.70. The maximum absolute atomic E-state index is 8.70. The van der Waals surface area contributed by atoms with E-state index in [1.807, 2.05) is 0 Å². The summed E-state index contributed by atoms with van der Waals surface area (Å²) in [6.45, 7) is 1.08. The average molecular weight is 197 g/mol. The van der Waals surface area contributed by atoms with Gasteiger partial charge in [-0.2, -0.15) is 4.98 Å². The monoisotopic (exact) mass is 197 g/mol. The molecule has 1 aromatic rings. The van der Waals surface area contributed by atoms with Gasteiger partial charge in [0.05, 0.1) is 12.6 Å². The van der Waals surface area contributed by atoms with Crippen LogP contribution in [0.3, 0.4) is 0 Å². The maximum Gasteiger partial charge on any atom is 0.243 e. The van der Waals surface area contributed by atoms with Gasteiger partial charge < -0.3 is 14.9 Å². The first-order chi connectivity index (χ1) is 6.90. The Morgan fingerprint density at radius 1 is 1.50 bits per heavy atom. The predicted molar refractivity (Wildman–Crippen MR) is 49.7 cm³/mol. The van der Waals surface area contributed by atoms with Crippen molar-refractivity contribution in [2.24, 2.45) is 0 Å². The van der Waals surface area contributed by atoms with Gasteiger partial charge in [-0.15, -0.1) is 0 Å². The average Bonchev–Trinajstić information content (AvgIpc) is 2.68. The van der Waals surface area contributed by atoms with Crippen molar-refractivity contribution in [1.29, 1.82) is 0 Å². The smallest absolute Gasteiger partial charge is 0.243 e. The molecule has 1 saturated heterocycles. The number of nitrogens with zero attached hydrogens (tertiary/aromatic N) is 2. The number of aromatic nitrogens is 2. The summed E-state index contributed by atoms with van der Waals surface area (Å²) in [4.78, 5) is 4.22. The first-order valence-electron chi connectivity index (χ1n) is 5.07. The highest BCUT2D eigenvalue weighted by Gasteiger charge is 2.20. The molecule has 0 aromatic carbocycles. The second kappa shape index (κ2) is 4.52. The molecule has 2 heterocycles. The minimum atomic E-state index is 0.0665. The zero-order chi connectivity index (χ0) is 9.80. The molecule has 0 radical (unpaired) electrons. The van der Waals surface area contributed by atoms with E-state index in [2.05, 4.69) is 15.5 Å². The molecule has 1 aliphatic rings. The summed E-state index contributed by atoms with van der Waals surface area (Å²) in [5, 5.41) is 15.8. The predicted octanol–water partition coefficient (Wildman–Crippen LogP) is 0.419. The molecule has 1 aromatic heterocycles. The van der Waals surface area contributed by atoms with Gasteiger partial charge in [0.2, 0.25) is 5.89 Å². The Kier molecular flexibility index (Phi) is 3.10. The summed E-state index contributed by atoms with van der Waals surface area (Å²) in [5.41, 5.74) is 0. The highest BCUT2D eigenvalue weighted by molar-refractivity contribution is 4.94. The molecular formula is C9H15N3O2. The normalized spacial score (nSPS) is 22.5. The van der Waals surface area contributed by atoms with E-state index in [0.29, 0.717) is 18.1 Å². The molecule has 0 aliphatic carbocycles. The van der Waals surface area contributed by atoms with Crippen LogP contribution in [0.4, 0.5) is 0 Å². The minimum Gasteiger partial charge on any atom is -0.396 e. The summed E-state index contributed by atoms with van der Waals surface area (Å²) >= 11 is 0. The molecule has 1 fully saturated rings. The fourth-order valence-electron chi connectivity index (χ4n) is 1.67. The third kappa shape index (κ3) is 2.10. The number of aliphatic hydroxyl groups excluding tert-OH is 1. The SMILES string of the molecule is OCCc1noc([C@@H]2CCCCN2)n1. The first-order valence-corrected chi connectivity index (χ1v) is 5.07. The zero-order valence-corrected chi connectivity index (χ0v) is 8.07. The largest absolute Gasteiger partial charge is 0.396 e. The molecule has 0 bridgehead atoms. The summed E-state index contributed by atoms with van der Waals surface area (Å²) in [6.07, 6.45) is 3.94. The van der Waals surface area contributed by atoms with E-state index in [0.717, 1.165) is 13.0 Å². The third-order valence-electron chi connectivity index (χ3n) is 2.43. The molecular weight excluding hydrogens is 182 g/mol. The summed E-state index contributed by atoms with van der Waals surface area (Å²) in [5.74, 6) is 1.25. The lowest BCUT2D eigenvalue weighted by Gasteiger charge is -2.19. The van der Waals surface area contributed by atoms with E-state index >= 15 is 0 Å². The molecule has 14 heavy (non-hydrogen) atoms. The Morgan fingerprint density at radius 3 is 3.14 bits per heavy atom. The van der Waals surface area contributed by atoms with Crippen molar-refractivity contribution in [3.63, 3.8) is 0 Å². The van der Waals surface area contributed by atoms with E-state index in [1.165, 1.54) is 12.8 Å². The lowest BCUT2D eigenvalue weighted by molar-refractivity contribution is 0.285. The van der Waals surface area contributed by atoms with Crippen LogP contribution in [0.2, 0.25) is 0 Å². The van der Waals surface area contributed by atoms with E-state index in [1.54, 1.807) is 0 Å². The van der Waals surface area contributed by atoms with E-state index in [9.17, 15) is 0 Å². The van der Waals surface area contributed by atoms with Crippen molar-refractivity contribution < 1.29 is 9.63 Å². The van der Waals surface area contributed by atoms with Gasteiger partial charge in [0.1, 0.15) is 0 Å². The van der Waals surface area contributed by atoms with Crippen LogP contribution in [0.1, 0.15) is 37.0 Å². The molecule has 2 N–H and O–H groups in total. The van der Waals surface area contributed by atoms with Crippen LogP contribution >= 0.6 is 0 Å².